The second-order valence-electron chi connectivity index (χ2n) is 29.1. The summed E-state index contributed by atoms with van der Waals surface area (Å²) in [6.07, 6.45) is 1.60. The maximum atomic E-state index is 12.4. The molecule has 0 aromatic heterocycles. The van der Waals surface area contributed by atoms with E-state index in [0.717, 1.165) is 66.8 Å². The van der Waals surface area contributed by atoms with E-state index in [2.05, 4.69) is 0 Å². The third-order valence-electron chi connectivity index (χ3n) is 21.1. The van der Waals surface area contributed by atoms with Crippen molar-refractivity contribution in [1.82, 2.24) is 0 Å². The molecule has 4 aliphatic rings. The zero-order valence-electron chi connectivity index (χ0n) is 61.0. The molecule has 0 aliphatic carbocycles. The zero-order valence-corrected chi connectivity index (χ0v) is 64.3. The molecule has 8 atom stereocenters. The van der Waals surface area contributed by atoms with Crippen LogP contribution >= 0.6 is 0 Å². The fourth-order valence-electron chi connectivity index (χ4n) is 13.7. The van der Waals surface area contributed by atoms with E-state index in [1.165, 1.54) is 0 Å². The fraction of sp³-hybridized carbons (Fsp3) is 0.429. The van der Waals surface area contributed by atoms with Gasteiger partial charge in [0.1, 0.15) is 0 Å². The first kappa shape index (κ1) is 81.3. The van der Waals surface area contributed by atoms with Gasteiger partial charge < -0.3 is 39.4 Å². The van der Waals surface area contributed by atoms with Crippen LogP contribution in [0.25, 0.3) is 44.5 Å². The number of aliphatic hydroxyl groups is 4. The lowest BCUT2D eigenvalue weighted by molar-refractivity contribution is -0.110. The molecule has 0 radical (unpaired) electrons. The fourth-order valence-corrected chi connectivity index (χ4v) is 18.9. The molecule has 0 saturated carbocycles. The minimum Gasteiger partial charge on any atom is -0.385 e. The van der Waals surface area contributed by atoms with Gasteiger partial charge in [0, 0.05) is 75.8 Å². The molecule has 0 bridgehead atoms. The van der Waals surface area contributed by atoms with Gasteiger partial charge in [-0.1, -0.05) is 218 Å². The summed E-state index contributed by atoms with van der Waals surface area (Å²) in [5.74, 6) is -2.14. The van der Waals surface area contributed by atoms with E-state index < -0.39 is 106 Å². The van der Waals surface area contributed by atoms with E-state index in [9.17, 15) is 54.1 Å². The Morgan fingerprint density at radius 1 is 0.269 bits per heavy atom. The Kier molecular flexibility index (Phi) is 27.6. The average Bonchev–Trinajstić information content (AvgIpc) is 0.793. The minimum absolute atomic E-state index is 0.0679. The van der Waals surface area contributed by atoms with E-state index in [0.29, 0.717) is 52.1 Å². The van der Waals surface area contributed by atoms with Gasteiger partial charge in [0.15, 0.2) is 39.3 Å². The highest BCUT2D eigenvalue weighted by atomic mass is 32.2. The topological polar surface area (TPSA) is 254 Å². The highest BCUT2D eigenvalue weighted by Gasteiger charge is 2.48. The highest BCUT2D eigenvalue weighted by Crippen LogP contribution is 2.43. The van der Waals surface area contributed by atoms with Crippen molar-refractivity contribution in [2.24, 2.45) is 23.7 Å². The largest absolute Gasteiger partial charge is 0.385 e. The maximum Gasteiger partial charge on any atom is 0.153 e. The number of ether oxygens (including phenoxy) is 4. The van der Waals surface area contributed by atoms with Gasteiger partial charge in [0.2, 0.25) is 0 Å². The summed E-state index contributed by atoms with van der Waals surface area (Å²) in [6.45, 7) is 16.1. The molecular weight excluding hydrogens is 1390 g/mol. The van der Waals surface area contributed by atoms with Crippen molar-refractivity contribution < 1.29 is 73.0 Å². The molecule has 8 aromatic rings. The summed E-state index contributed by atoms with van der Waals surface area (Å²) < 4.78 is 121. The monoisotopic (exact) mass is 1500 g/mol. The van der Waals surface area contributed by atoms with Crippen LogP contribution in [0.15, 0.2) is 218 Å². The van der Waals surface area contributed by atoms with Gasteiger partial charge >= 0.3 is 0 Å². The van der Waals surface area contributed by atoms with Crippen molar-refractivity contribution >= 4 is 39.3 Å². The van der Waals surface area contributed by atoms with Crippen molar-refractivity contribution in [1.29, 1.82) is 0 Å². The van der Waals surface area contributed by atoms with Crippen molar-refractivity contribution in [2.75, 3.05) is 75.9 Å². The van der Waals surface area contributed by atoms with Crippen LogP contribution in [0.5, 0.6) is 0 Å². The summed E-state index contributed by atoms with van der Waals surface area (Å²) in [4.78, 5) is 0. The lowest BCUT2D eigenvalue weighted by Gasteiger charge is -2.40. The number of benzene rings is 8. The maximum absolute atomic E-state index is 12.4. The number of hydrogen-bond donors (Lipinski definition) is 4. The minimum atomic E-state index is -3.27. The van der Waals surface area contributed by atoms with Gasteiger partial charge in [-0.05, 0) is 122 Å². The standard InChI is InChI=1S/4C21H26O4S/c4*1-16(2)26(23,24)15-20-14-25-13-12-21(20,22)19-10-8-18(9-11-19)17-6-4-3-5-7-17/h4*3-11,16,20,22H,12-15H2,1-2H3/t2*20-,21+;2*20-,21-/m1010/s1. The van der Waals surface area contributed by atoms with Gasteiger partial charge in [0.05, 0.1) is 92.8 Å². The van der Waals surface area contributed by atoms with E-state index in [4.69, 9.17) is 18.9 Å². The molecule has 104 heavy (non-hydrogen) atoms. The molecule has 20 heteroatoms. The van der Waals surface area contributed by atoms with Crippen molar-refractivity contribution in [2.45, 2.75) is 124 Å². The van der Waals surface area contributed by atoms with E-state index in [-0.39, 0.29) is 49.4 Å². The van der Waals surface area contributed by atoms with Crippen LogP contribution < -0.4 is 0 Å². The van der Waals surface area contributed by atoms with Gasteiger partial charge in [0.25, 0.3) is 0 Å². The molecule has 0 unspecified atom stereocenters. The number of hydrogen-bond acceptors (Lipinski definition) is 16. The molecule has 12 rings (SSSR count). The molecule has 0 amide bonds. The Hall–Kier alpha value is -6.76. The third-order valence-corrected chi connectivity index (χ3v) is 30.3. The second-order valence-corrected chi connectivity index (χ2v) is 39.5. The molecule has 0 spiro atoms. The van der Waals surface area contributed by atoms with Crippen LogP contribution in [-0.2, 0) is 80.7 Å². The van der Waals surface area contributed by atoms with E-state index in [1.807, 2.05) is 218 Å². The second kappa shape index (κ2) is 35.3. The van der Waals surface area contributed by atoms with Crippen LogP contribution in [0.1, 0.15) is 103 Å². The van der Waals surface area contributed by atoms with Gasteiger partial charge in [-0.3, -0.25) is 0 Å². The summed E-state index contributed by atoms with van der Waals surface area (Å²) in [6, 6.07) is 71.2. The Bertz CT molecular complexity index is 3890. The van der Waals surface area contributed by atoms with Crippen LogP contribution in [0.3, 0.4) is 0 Å². The molecule has 8 aromatic carbocycles. The molecule has 4 heterocycles. The summed E-state index contributed by atoms with van der Waals surface area (Å²) in [5.41, 5.74) is 6.97. The Balaban J connectivity index is 0.000000161. The Morgan fingerprint density at radius 3 is 0.577 bits per heavy atom. The smallest absolute Gasteiger partial charge is 0.153 e. The zero-order chi connectivity index (χ0) is 75.1. The molecular formula is C84H104O16S4. The Labute approximate surface area is 617 Å². The van der Waals surface area contributed by atoms with Crippen molar-refractivity contribution in [3.05, 3.63) is 241 Å². The third kappa shape index (κ3) is 20.1. The van der Waals surface area contributed by atoms with E-state index >= 15 is 0 Å². The van der Waals surface area contributed by atoms with Gasteiger partial charge in [-0.25, -0.2) is 33.7 Å². The number of rotatable bonds is 20. The number of sulfone groups is 4. The van der Waals surface area contributed by atoms with E-state index in [1.54, 1.807) is 55.4 Å². The molecule has 4 fully saturated rings. The van der Waals surface area contributed by atoms with Gasteiger partial charge in [-0.15, -0.1) is 0 Å². The Morgan fingerprint density at radius 2 is 0.423 bits per heavy atom. The quantitative estimate of drug-likeness (QED) is 0.0553. The SMILES string of the molecule is CC(C)S(=O)(=O)C[C@@H]1COCC[C@@]1(O)c1ccc(-c2ccccc2)cc1.CC(C)S(=O)(=O)C[C@@H]1COCC[C@]1(O)c1ccc(-c2ccccc2)cc1.CC(C)S(=O)(=O)C[C@H]1COCC[C@@]1(O)c1ccc(-c2ccccc2)cc1.CC(C)S(=O)(=O)C[C@H]1COCC[C@]1(O)c1ccc(-c2ccccc2)cc1. The average molecular weight is 1500 g/mol. The lowest BCUT2D eigenvalue weighted by atomic mass is 9.78. The predicted molar refractivity (Wildman–Crippen MR) is 414 cm³/mol. The summed E-state index contributed by atoms with van der Waals surface area (Å²) in [5, 5.41) is 43.6. The van der Waals surface area contributed by atoms with Crippen LogP contribution in [-0.4, -0.2) is 151 Å². The first-order chi connectivity index (χ1) is 49.3. The van der Waals surface area contributed by atoms with Crippen LogP contribution in [0.2, 0.25) is 0 Å². The lowest BCUT2D eigenvalue weighted by Crippen LogP contribution is -2.46. The first-order valence-corrected chi connectivity index (χ1v) is 42.9. The van der Waals surface area contributed by atoms with Crippen molar-refractivity contribution in [3.63, 3.8) is 0 Å². The van der Waals surface area contributed by atoms with Gasteiger partial charge in [-0.2, -0.15) is 0 Å². The molecule has 4 saturated heterocycles. The first-order valence-electron chi connectivity index (χ1n) is 36.0. The molecule has 4 aliphatic heterocycles. The summed E-state index contributed by atoms with van der Waals surface area (Å²) >= 11 is 0. The van der Waals surface area contributed by atoms with Crippen LogP contribution in [0.4, 0.5) is 0 Å². The molecule has 4 N–H and O–H groups in total. The molecule has 560 valence electrons. The van der Waals surface area contributed by atoms with Crippen LogP contribution in [0, 0.1) is 23.7 Å². The highest BCUT2D eigenvalue weighted by molar-refractivity contribution is 7.92. The predicted octanol–water partition coefficient (Wildman–Crippen LogP) is 13.6. The van der Waals surface area contributed by atoms with Crippen molar-refractivity contribution in [3.8, 4) is 44.5 Å². The summed E-state index contributed by atoms with van der Waals surface area (Å²) in [7, 11) is -13.1. The molecule has 16 nitrogen and oxygen atoms in total. The normalized spacial score (nSPS) is 23.9.